The Morgan fingerprint density at radius 1 is 1.16 bits per heavy atom. The number of hydrogen-bond acceptors (Lipinski definition) is 5. The first-order valence-corrected chi connectivity index (χ1v) is 8.06. The number of aromatic nitrogens is 1. The van der Waals surface area contributed by atoms with Crippen LogP contribution in [0, 0.1) is 0 Å². The summed E-state index contributed by atoms with van der Waals surface area (Å²) in [5.74, 6) is 0.0404. The fourth-order valence-corrected chi connectivity index (χ4v) is 2.65. The standard InChI is InChI=1S/C20H19NO4/c1-3-11-25-14-9-7-13(8-10-14)17-12-16(20(22)23)15-5-4-6-18(24-2)19(15)21-17/h4-10,12H,3,11H2,1-2H3,(H,22,23)/p-1. The van der Waals surface area contributed by atoms with Gasteiger partial charge in [0, 0.05) is 16.5 Å². The molecule has 0 unspecified atom stereocenters. The minimum atomic E-state index is -1.25. The molecule has 0 spiro atoms. The van der Waals surface area contributed by atoms with Crippen molar-refractivity contribution in [1.82, 2.24) is 4.98 Å². The molecule has 2 aromatic carbocycles. The Hall–Kier alpha value is -3.08. The maximum atomic E-state index is 11.6. The van der Waals surface area contributed by atoms with Crippen LogP contribution in [-0.4, -0.2) is 24.7 Å². The third-order valence-electron chi connectivity index (χ3n) is 3.87. The summed E-state index contributed by atoms with van der Waals surface area (Å²) in [4.78, 5) is 16.2. The molecule has 1 heterocycles. The normalized spacial score (nSPS) is 10.6. The molecule has 0 radical (unpaired) electrons. The molecule has 3 rings (SSSR count). The SMILES string of the molecule is CCCOc1ccc(-c2cc(C(=O)[O-])c3cccc(OC)c3n2)cc1. The van der Waals surface area contributed by atoms with Crippen LogP contribution in [0.5, 0.6) is 11.5 Å². The van der Waals surface area contributed by atoms with Crippen LogP contribution in [0.2, 0.25) is 0 Å². The Labute approximate surface area is 145 Å². The van der Waals surface area contributed by atoms with E-state index in [1.807, 2.05) is 31.2 Å². The highest BCUT2D eigenvalue weighted by Crippen LogP contribution is 2.30. The van der Waals surface area contributed by atoms with E-state index in [1.165, 1.54) is 13.2 Å². The first-order valence-electron chi connectivity index (χ1n) is 8.06. The summed E-state index contributed by atoms with van der Waals surface area (Å²) in [5.41, 5.74) is 1.91. The molecular formula is C20H18NO4-. The number of rotatable bonds is 6. The van der Waals surface area contributed by atoms with E-state index in [0.717, 1.165) is 17.7 Å². The van der Waals surface area contributed by atoms with Crippen molar-refractivity contribution in [3.05, 3.63) is 54.1 Å². The third kappa shape index (κ3) is 3.40. The lowest BCUT2D eigenvalue weighted by Crippen LogP contribution is -2.22. The fourth-order valence-electron chi connectivity index (χ4n) is 2.65. The minimum absolute atomic E-state index is 0.0882. The van der Waals surface area contributed by atoms with Crippen molar-refractivity contribution >= 4 is 16.9 Å². The van der Waals surface area contributed by atoms with Gasteiger partial charge in [-0.2, -0.15) is 0 Å². The molecule has 0 N–H and O–H groups in total. The van der Waals surface area contributed by atoms with Crippen molar-refractivity contribution < 1.29 is 19.4 Å². The summed E-state index contributed by atoms with van der Waals surface area (Å²) in [6.45, 7) is 2.70. The van der Waals surface area contributed by atoms with Gasteiger partial charge in [0.25, 0.3) is 0 Å². The molecule has 25 heavy (non-hydrogen) atoms. The number of aromatic carboxylic acids is 1. The highest BCUT2D eigenvalue weighted by Gasteiger charge is 2.12. The first kappa shape index (κ1) is 16.8. The maximum absolute atomic E-state index is 11.6. The summed E-state index contributed by atoms with van der Waals surface area (Å²) < 4.78 is 10.9. The lowest BCUT2D eigenvalue weighted by Gasteiger charge is -2.13. The number of pyridine rings is 1. The van der Waals surface area contributed by atoms with Gasteiger partial charge in [-0.15, -0.1) is 0 Å². The summed E-state index contributed by atoms with van der Waals surface area (Å²) in [5, 5.41) is 12.1. The Kier molecular flexibility index (Phi) is 4.84. The second-order valence-electron chi connectivity index (χ2n) is 5.57. The number of ether oxygens (including phenoxy) is 2. The minimum Gasteiger partial charge on any atom is -0.545 e. The molecule has 0 saturated carbocycles. The lowest BCUT2D eigenvalue weighted by molar-refractivity contribution is -0.254. The molecule has 0 aliphatic carbocycles. The average Bonchev–Trinajstić information content (AvgIpc) is 2.65. The molecule has 128 valence electrons. The molecule has 0 fully saturated rings. The molecule has 5 nitrogen and oxygen atoms in total. The summed E-state index contributed by atoms with van der Waals surface area (Å²) in [6, 6.07) is 14.1. The van der Waals surface area contributed by atoms with E-state index in [4.69, 9.17) is 9.47 Å². The van der Waals surface area contributed by atoms with Gasteiger partial charge < -0.3 is 19.4 Å². The van der Waals surface area contributed by atoms with Crippen molar-refractivity contribution in [2.24, 2.45) is 0 Å². The highest BCUT2D eigenvalue weighted by atomic mass is 16.5. The highest BCUT2D eigenvalue weighted by molar-refractivity contribution is 6.04. The molecule has 0 amide bonds. The van der Waals surface area contributed by atoms with Crippen LogP contribution in [0.1, 0.15) is 23.7 Å². The summed E-state index contributed by atoms with van der Waals surface area (Å²) >= 11 is 0. The summed E-state index contributed by atoms with van der Waals surface area (Å²) in [7, 11) is 1.53. The van der Waals surface area contributed by atoms with Gasteiger partial charge in [-0.05, 0) is 42.8 Å². The molecule has 0 atom stereocenters. The largest absolute Gasteiger partial charge is 0.545 e. The molecule has 0 bridgehead atoms. The quantitative estimate of drug-likeness (QED) is 0.692. The molecule has 3 aromatic rings. The van der Waals surface area contributed by atoms with Gasteiger partial charge in [-0.3, -0.25) is 0 Å². The van der Waals surface area contributed by atoms with Gasteiger partial charge in [-0.25, -0.2) is 4.98 Å². The number of fused-ring (bicyclic) bond motifs is 1. The zero-order valence-corrected chi connectivity index (χ0v) is 14.1. The third-order valence-corrected chi connectivity index (χ3v) is 3.87. The predicted molar refractivity (Wildman–Crippen MR) is 93.8 cm³/mol. The van der Waals surface area contributed by atoms with Gasteiger partial charge in [0.05, 0.1) is 25.4 Å². The van der Waals surface area contributed by atoms with Gasteiger partial charge in [-0.1, -0.05) is 19.1 Å². The number of carboxylic acids is 1. The van der Waals surface area contributed by atoms with Crippen LogP contribution >= 0.6 is 0 Å². The van der Waals surface area contributed by atoms with Crippen molar-refractivity contribution in [1.29, 1.82) is 0 Å². The lowest BCUT2D eigenvalue weighted by atomic mass is 10.0. The van der Waals surface area contributed by atoms with Crippen molar-refractivity contribution in [3.8, 4) is 22.8 Å². The molecule has 1 aromatic heterocycles. The van der Waals surface area contributed by atoms with E-state index in [1.54, 1.807) is 18.2 Å². The molecule has 0 saturated heterocycles. The smallest absolute Gasteiger partial charge is 0.145 e. The Bertz CT molecular complexity index is 903. The van der Waals surface area contributed by atoms with E-state index >= 15 is 0 Å². The zero-order chi connectivity index (χ0) is 17.8. The first-order chi connectivity index (χ1) is 12.1. The number of benzene rings is 2. The molecule has 0 aliphatic rings. The van der Waals surface area contributed by atoms with Crippen molar-refractivity contribution in [2.75, 3.05) is 13.7 Å². The predicted octanol–water partition coefficient (Wildman–Crippen LogP) is 3.06. The topological polar surface area (TPSA) is 71.5 Å². The number of hydrogen-bond donors (Lipinski definition) is 0. The molecule has 0 aliphatic heterocycles. The van der Waals surface area contributed by atoms with E-state index < -0.39 is 5.97 Å². The van der Waals surface area contributed by atoms with Gasteiger partial charge in [0.15, 0.2) is 0 Å². The van der Waals surface area contributed by atoms with E-state index in [9.17, 15) is 9.90 Å². The monoisotopic (exact) mass is 336 g/mol. The Morgan fingerprint density at radius 2 is 1.92 bits per heavy atom. The van der Waals surface area contributed by atoms with E-state index in [2.05, 4.69) is 4.98 Å². The number of nitrogens with zero attached hydrogens (tertiary/aromatic N) is 1. The number of carbonyl (C=O) groups is 1. The Balaban J connectivity index is 2.11. The van der Waals surface area contributed by atoms with Crippen molar-refractivity contribution in [3.63, 3.8) is 0 Å². The van der Waals surface area contributed by atoms with Crippen LogP contribution in [-0.2, 0) is 0 Å². The zero-order valence-electron chi connectivity index (χ0n) is 14.1. The van der Waals surface area contributed by atoms with Gasteiger partial charge in [0.2, 0.25) is 0 Å². The summed E-state index contributed by atoms with van der Waals surface area (Å²) in [6.07, 6.45) is 0.933. The number of carbonyl (C=O) groups excluding carboxylic acids is 1. The van der Waals surface area contributed by atoms with Crippen molar-refractivity contribution in [2.45, 2.75) is 13.3 Å². The molecule has 5 heteroatoms. The fraction of sp³-hybridized carbons (Fsp3) is 0.200. The second kappa shape index (κ2) is 7.21. The number of para-hydroxylation sites is 1. The number of methoxy groups -OCH3 is 1. The van der Waals surface area contributed by atoms with Crippen LogP contribution in [0.3, 0.4) is 0 Å². The second-order valence-corrected chi connectivity index (χ2v) is 5.57. The maximum Gasteiger partial charge on any atom is 0.145 e. The van der Waals surface area contributed by atoms with E-state index in [0.29, 0.717) is 29.0 Å². The van der Waals surface area contributed by atoms with Crippen LogP contribution in [0.15, 0.2) is 48.5 Å². The average molecular weight is 336 g/mol. The molecular weight excluding hydrogens is 318 g/mol. The van der Waals surface area contributed by atoms with Gasteiger partial charge in [0.1, 0.15) is 17.0 Å². The Morgan fingerprint density at radius 3 is 2.56 bits per heavy atom. The van der Waals surface area contributed by atoms with E-state index in [-0.39, 0.29) is 5.56 Å². The van der Waals surface area contributed by atoms with Crippen LogP contribution in [0.25, 0.3) is 22.2 Å². The van der Waals surface area contributed by atoms with Crippen LogP contribution < -0.4 is 14.6 Å². The van der Waals surface area contributed by atoms with Gasteiger partial charge >= 0.3 is 0 Å². The van der Waals surface area contributed by atoms with Crippen LogP contribution in [0.4, 0.5) is 0 Å². The number of carboxylic acid groups (broad SMARTS) is 1.